The number of fused-ring (bicyclic) bond motifs is 1. The molecular weight excluding hydrogens is 250 g/mol. The number of thiophene rings is 1. The number of hydrogen-bond acceptors (Lipinski definition) is 5. The van der Waals surface area contributed by atoms with Crippen molar-refractivity contribution in [3.05, 3.63) is 45.0 Å². The molecule has 2 N–H and O–H groups in total. The van der Waals surface area contributed by atoms with Gasteiger partial charge in [0.25, 0.3) is 0 Å². The molecule has 0 atom stereocenters. The summed E-state index contributed by atoms with van der Waals surface area (Å²) >= 11 is 1.69. The molecule has 0 aromatic carbocycles. The molecule has 0 saturated heterocycles. The summed E-state index contributed by atoms with van der Waals surface area (Å²) in [5.74, 6) is 0.668. The van der Waals surface area contributed by atoms with E-state index in [1.807, 2.05) is 6.07 Å². The highest BCUT2D eigenvalue weighted by atomic mass is 32.1. The molecule has 0 aliphatic rings. The van der Waals surface area contributed by atoms with Crippen LogP contribution in [0, 0.1) is 0 Å². The van der Waals surface area contributed by atoms with Crippen LogP contribution >= 0.6 is 11.3 Å². The van der Waals surface area contributed by atoms with Crippen molar-refractivity contribution in [2.45, 2.75) is 6.42 Å². The molecule has 3 heterocycles. The van der Waals surface area contributed by atoms with Crippen LogP contribution < -0.4 is 11.0 Å². The lowest BCUT2D eigenvalue weighted by Crippen LogP contribution is -2.14. The van der Waals surface area contributed by atoms with E-state index < -0.39 is 0 Å². The molecule has 0 radical (unpaired) electrons. The van der Waals surface area contributed by atoms with Crippen molar-refractivity contribution >= 4 is 22.8 Å². The van der Waals surface area contributed by atoms with E-state index >= 15 is 0 Å². The Morgan fingerprint density at radius 1 is 1.39 bits per heavy atom. The van der Waals surface area contributed by atoms with Crippen molar-refractivity contribution in [2.24, 2.45) is 0 Å². The van der Waals surface area contributed by atoms with Gasteiger partial charge in [0, 0.05) is 6.54 Å². The summed E-state index contributed by atoms with van der Waals surface area (Å²) in [5.41, 5.74) is 1.49. The molecule has 0 spiro atoms. The summed E-state index contributed by atoms with van der Waals surface area (Å²) in [6, 6.07) is 5.66. The Balaban J connectivity index is 1.70. The molecule has 18 heavy (non-hydrogen) atoms. The van der Waals surface area contributed by atoms with Crippen LogP contribution in [0.4, 0.5) is 5.82 Å². The summed E-state index contributed by atoms with van der Waals surface area (Å²) in [6.45, 7) is 0.780. The van der Waals surface area contributed by atoms with Crippen LogP contribution in [0.1, 0.15) is 5.56 Å². The minimum Gasteiger partial charge on any atom is -0.368 e. The van der Waals surface area contributed by atoms with Crippen molar-refractivity contribution in [1.29, 1.82) is 0 Å². The number of aromatic nitrogens is 4. The quantitative estimate of drug-likeness (QED) is 0.738. The van der Waals surface area contributed by atoms with E-state index in [9.17, 15) is 4.79 Å². The first-order valence-corrected chi connectivity index (χ1v) is 6.46. The maximum absolute atomic E-state index is 11.3. The summed E-state index contributed by atoms with van der Waals surface area (Å²) in [6.07, 6.45) is 0.934. The zero-order chi connectivity index (χ0) is 12.4. The second-order valence-corrected chi connectivity index (χ2v) is 4.61. The highest BCUT2D eigenvalue weighted by Gasteiger charge is 2.02. The number of hydrogen-bond donors (Lipinski definition) is 2. The minimum absolute atomic E-state index is 0.327. The van der Waals surface area contributed by atoms with E-state index in [1.165, 1.54) is 10.1 Å². The van der Waals surface area contributed by atoms with E-state index in [0.29, 0.717) is 11.5 Å². The molecule has 0 aliphatic heterocycles. The Hall–Kier alpha value is -2.15. The third-order valence-corrected chi connectivity index (χ3v) is 3.31. The summed E-state index contributed by atoms with van der Waals surface area (Å²) in [4.78, 5) is 11.3. The van der Waals surface area contributed by atoms with Gasteiger partial charge in [-0.3, -0.25) is 0 Å². The standard InChI is InChI=1S/C11H11N5OS/c17-11-14-13-10-2-1-9(15-16(10)11)12-5-3-8-4-6-18-7-8/h1-2,4,6-7H,3,5H2,(H,12,15)(H,14,17). The van der Waals surface area contributed by atoms with E-state index in [1.54, 1.807) is 17.4 Å². The van der Waals surface area contributed by atoms with Crippen LogP contribution in [0.2, 0.25) is 0 Å². The fourth-order valence-electron chi connectivity index (χ4n) is 1.67. The van der Waals surface area contributed by atoms with Crippen molar-refractivity contribution in [1.82, 2.24) is 19.8 Å². The molecule has 6 nitrogen and oxygen atoms in total. The van der Waals surface area contributed by atoms with Crippen LogP contribution in [0.3, 0.4) is 0 Å². The van der Waals surface area contributed by atoms with Gasteiger partial charge in [0.1, 0.15) is 5.82 Å². The first-order valence-electron chi connectivity index (χ1n) is 5.52. The zero-order valence-electron chi connectivity index (χ0n) is 9.46. The molecule has 92 valence electrons. The minimum atomic E-state index is -0.327. The van der Waals surface area contributed by atoms with Gasteiger partial charge in [0.2, 0.25) is 0 Å². The number of rotatable bonds is 4. The second-order valence-electron chi connectivity index (χ2n) is 3.83. The molecule has 7 heteroatoms. The highest BCUT2D eigenvalue weighted by molar-refractivity contribution is 7.07. The topological polar surface area (TPSA) is 75.1 Å². The van der Waals surface area contributed by atoms with Crippen LogP contribution in [0.5, 0.6) is 0 Å². The van der Waals surface area contributed by atoms with Gasteiger partial charge in [-0.1, -0.05) is 0 Å². The number of aromatic amines is 1. The smallest absolute Gasteiger partial charge is 0.364 e. The maximum atomic E-state index is 11.3. The summed E-state index contributed by atoms with van der Waals surface area (Å²) in [5, 5.41) is 17.7. The van der Waals surface area contributed by atoms with Gasteiger partial charge in [-0.2, -0.15) is 21.0 Å². The Morgan fingerprint density at radius 2 is 2.33 bits per heavy atom. The Labute approximate surface area is 106 Å². The van der Waals surface area contributed by atoms with Crippen molar-refractivity contribution in [3.8, 4) is 0 Å². The molecule has 0 aliphatic carbocycles. The molecule has 3 aromatic rings. The normalized spacial score (nSPS) is 10.9. The fraction of sp³-hybridized carbons (Fsp3) is 0.182. The average Bonchev–Trinajstić information content (AvgIpc) is 3.01. The molecule has 0 bridgehead atoms. The fourth-order valence-corrected chi connectivity index (χ4v) is 2.37. The Morgan fingerprint density at radius 3 is 3.17 bits per heavy atom. The van der Waals surface area contributed by atoms with Gasteiger partial charge >= 0.3 is 5.69 Å². The van der Waals surface area contributed by atoms with E-state index in [2.05, 4.69) is 37.4 Å². The molecule has 0 unspecified atom stereocenters. The van der Waals surface area contributed by atoms with E-state index in [4.69, 9.17) is 0 Å². The molecule has 3 aromatic heterocycles. The molecule has 3 rings (SSSR count). The van der Waals surface area contributed by atoms with Crippen molar-refractivity contribution in [3.63, 3.8) is 0 Å². The van der Waals surface area contributed by atoms with Gasteiger partial charge in [-0.15, -0.1) is 5.10 Å². The third-order valence-electron chi connectivity index (χ3n) is 2.57. The molecule has 0 fully saturated rings. The van der Waals surface area contributed by atoms with Crippen LogP contribution in [-0.2, 0) is 6.42 Å². The first kappa shape index (κ1) is 11.0. The zero-order valence-corrected chi connectivity index (χ0v) is 10.3. The monoisotopic (exact) mass is 261 g/mol. The van der Waals surface area contributed by atoms with Gasteiger partial charge in [-0.25, -0.2) is 9.89 Å². The van der Waals surface area contributed by atoms with Gasteiger partial charge in [0.15, 0.2) is 5.65 Å². The van der Waals surface area contributed by atoms with Gasteiger partial charge in [0.05, 0.1) is 0 Å². The van der Waals surface area contributed by atoms with Crippen molar-refractivity contribution < 1.29 is 0 Å². The lowest BCUT2D eigenvalue weighted by molar-refractivity contribution is 0.872. The van der Waals surface area contributed by atoms with Crippen molar-refractivity contribution in [2.75, 3.05) is 11.9 Å². The number of nitrogens with one attached hydrogen (secondary N) is 2. The van der Waals surface area contributed by atoms with Crippen LogP contribution in [0.25, 0.3) is 5.65 Å². The highest BCUT2D eigenvalue weighted by Crippen LogP contribution is 2.07. The van der Waals surface area contributed by atoms with E-state index in [-0.39, 0.29) is 5.69 Å². The number of nitrogens with zero attached hydrogens (tertiary/aromatic N) is 3. The SMILES string of the molecule is O=c1[nH]nc2ccc(NCCc3ccsc3)nn12. The van der Waals surface area contributed by atoms with E-state index in [0.717, 1.165) is 13.0 Å². The number of anilines is 1. The average molecular weight is 261 g/mol. The molecule has 0 saturated carbocycles. The van der Waals surface area contributed by atoms with Gasteiger partial charge in [-0.05, 0) is 40.9 Å². The predicted octanol–water partition coefficient (Wildman–Crippen LogP) is 1.13. The first-order chi connectivity index (χ1) is 8.83. The largest absolute Gasteiger partial charge is 0.368 e. The summed E-state index contributed by atoms with van der Waals surface area (Å²) in [7, 11) is 0. The number of H-pyrrole nitrogens is 1. The lowest BCUT2D eigenvalue weighted by atomic mass is 10.2. The summed E-state index contributed by atoms with van der Waals surface area (Å²) < 4.78 is 1.24. The predicted molar refractivity (Wildman–Crippen MR) is 70.1 cm³/mol. The maximum Gasteiger partial charge on any atom is 0.364 e. The van der Waals surface area contributed by atoms with Crippen LogP contribution in [-0.4, -0.2) is 26.4 Å². The second kappa shape index (κ2) is 4.61. The Kier molecular flexibility index (Phi) is 2.81. The lowest BCUT2D eigenvalue weighted by Gasteiger charge is -2.03. The molecular formula is C11H11N5OS. The van der Waals surface area contributed by atoms with Gasteiger partial charge < -0.3 is 5.32 Å². The molecule has 0 amide bonds. The van der Waals surface area contributed by atoms with Crippen LogP contribution in [0.15, 0.2) is 33.8 Å². The third kappa shape index (κ3) is 2.12. The Bertz CT molecular complexity index is 700.